The van der Waals surface area contributed by atoms with E-state index in [4.69, 9.17) is 23.8 Å². The van der Waals surface area contributed by atoms with E-state index >= 15 is 0 Å². The normalized spacial score (nSPS) is 14.7. The van der Waals surface area contributed by atoms with Crippen LogP contribution in [0.1, 0.15) is 19.4 Å². The molecule has 1 N–H and O–H groups in total. The maximum absolute atomic E-state index is 12.9. The molecule has 1 saturated heterocycles. The molecule has 6 nitrogen and oxygen atoms in total. The standard InChI is InChI=1S/C22H29ClN4O2S2/c1-4-27(5-2)31(28,29)18-11-10-17(3)20(16-18)24-22(30)26-14-12-25(13-15-26)21-9-7-6-8-19(21)23/h6-11,16H,4-5,12-15H2,1-3H3,(H,24,30). The number of anilines is 2. The van der Waals surface area contributed by atoms with Crippen LogP contribution in [0.25, 0.3) is 0 Å². The minimum absolute atomic E-state index is 0.274. The predicted molar refractivity (Wildman–Crippen MR) is 133 cm³/mol. The number of sulfonamides is 1. The Morgan fingerprint density at radius 2 is 1.74 bits per heavy atom. The van der Waals surface area contributed by atoms with Gasteiger partial charge in [-0.1, -0.05) is 43.6 Å². The molecule has 1 heterocycles. The van der Waals surface area contributed by atoms with Gasteiger partial charge in [-0.05, 0) is 49.0 Å². The molecule has 31 heavy (non-hydrogen) atoms. The number of nitrogens with zero attached hydrogens (tertiary/aromatic N) is 3. The second-order valence-electron chi connectivity index (χ2n) is 7.42. The van der Waals surface area contributed by atoms with E-state index in [1.54, 1.807) is 12.1 Å². The third-order valence-corrected chi connectivity index (χ3v) is 8.28. The number of para-hydroxylation sites is 1. The summed E-state index contributed by atoms with van der Waals surface area (Å²) in [6, 6.07) is 13.0. The monoisotopic (exact) mass is 480 g/mol. The van der Waals surface area contributed by atoms with Crippen molar-refractivity contribution < 1.29 is 8.42 Å². The minimum atomic E-state index is -3.53. The fourth-order valence-electron chi connectivity index (χ4n) is 3.66. The second kappa shape index (κ2) is 10.2. The number of hydrogen-bond donors (Lipinski definition) is 1. The zero-order valence-electron chi connectivity index (χ0n) is 18.1. The summed E-state index contributed by atoms with van der Waals surface area (Å²) in [5, 5.41) is 4.61. The molecule has 0 spiro atoms. The van der Waals surface area contributed by atoms with Crippen molar-refractivity contribution in [1.82, 2.24) is 9.21 Å². The lowest BCUT2D eigenvalue weighted by molar-refractivity contribution is 0.391. The fraction of sp³-hybridized carbons (Fsp3) is 0.409. The van der Waals surface area contributed by atoms with Gasteiger partial charge in [-0.25, -0.2) is 8.42 Å². The van der Waals surface area contributed by atoms with Gasteiger partial charge in [0.05, 0.1) is 15.6 Å². The molecule has 0 bridgehead atoms. The van der Waals surface area contributed by atoms with Crippen molar-refractivity contribution in [1.29, 1.82) is 0 Å². The quantitative estimate of drug-likeness (QED) is 0.625. The van der Waals surface area contributed by atoms with Crippen LogP contribution in [0.15, 0.2) is 47.4 Å². The number of aryl methyl sites for hydroxylation is 1. The molecular weight excluding hydrogens is 452 g/mol. The van der Waals surface area contributed by atoms with Gasteiger partial charge in [0, 0.05) is 45.0 Å². The average molecular weight is 481 g/mol. The molecule has 1 aliphatic heterocycles. The third kappa shape index (κ3) is 5.31. The summed E-state index contributed by atoms with van der Waals surface area (Å²) < 4.78 is 27.2. The molecule has 2 aromatic rings. The van der Waals surface area contributed by atoms with Crippen molar-refractivity contribution in [2.45, 2.75) is 25.7 Å². The SMILES string of the molecule is CCN(CC)S(=O)(=O)c1ccc(C)c(NC(=S)N2CCN(c3ccccc3Cl)CC2)c1. The highest BCUT2D eigenvalue weighted by atomic mass is 35.5. The molecule has 0 amide bonds. The Balaban J connectivity index is 1.69. The van der Waals surface area contributed by atoms with Gasteiger partial charge >= 0.3 is 0 Å². The topological polar surface area (TPSA) is 55.9 Å². The van der Waals surface area contributed by atoms with Crippen LogP contribution in [0, 0.1) is 6.92 Å². The van der Waals surface area contributed by atoms with Crippen LogP contribution in [0.5, 0.6) is 0 Å². The van der Waals surface area contributed by atoms with E-state index in [1.807, 2.05) is 51.1 Å². The number of thiocarbonyl (C=S) groups is 1. The van der Waals surface area contributed by atoms with E-state index in [-0.39, 0.29) is 4.90 Å². The largest absolute Gasteiger partial charge is 0.367 e. The molecule has 9 heteroatoms. The van der Waals surface area contributed by atoms with Gasteiger partial charge in [0.25, 0.3) is 0 Å². The van der Waals surface area contributed by atoms with Gasteiger partial charge in [0.15, 0.2) is 5.11 Å². The van der Waals surface area contributed by atoms with Crippen molar-refractivity contribution in [3.8, 4) is 0 Å². The predicted octanol–water partition coefficient (Wildman–Crippen LogP) is 4.20. The van der Waals surface area contributed by atoms with E-state index in [9.17, 15) is 8.42 Å². The first kappa shape index (κ1) is 23.8. The Kier molecular flexibility index (Phi) is 7.80. The molecule has 0 unspecified atom stereocenters. The first-order valence-electron chi connectivity index (χ1n) is 10.4. The van der Waals surface area contributed by atoms with Gasteiger partial charge < -0.3 is 15.1 Å². The molecule has 2 aromatic carbocycles. The zero-order valence-corrected chi connectivity index (χ0v) is 20.5. The van der Waals surface area contributed by atoms with E-state index in [0.29, 0.717) is 23.9 Å². The van der Waals surface area contributed by atoms with Crippen LogP contribution in [0.2, 0.25) is 5.02 Å². The summed E-state index contributed by atoms with van der Waals surface area (Å²) >= 11 is 12.0. The Morgan fingerprint density at radius 3 is 2.35 bits per heavy atom. The van der Waals surface area contributed by atoms with Crippen molar-refractivity contribution >= 4 is 50.3 Å². The van der Waals surface area contributed by atoms with Gasteiger partial charge in [0.2, 0.25) is 10.0 Å². The summed E-state index contributed by atoms with van der Waals surface area (Å²) in [7, 11) is -3.53. The highest BCUT2D eigenvalue weighted by Gasteiger charge is 2.24. The van der Waals surface area contributed by atoms with Crippen LogP contribution >= 0.6 is 23.8 Å². The van der Waals surface area contributed by atoms with Crippen molar-refractivity contribution in [3.05, 3.63) is 53.1 Å². The highest BCUT2D eigenvalue weighted by Crippen LogP contribution is 2.27. The first-order chi connectivity index (χ1) is 14.8. The van der Waals surface area contributed by atoms with Crippen LogP contribution in [0.4, 0.5) is 11.4 Å². The highest BCUT2D eigenvalue weighted by molar-refractivity contribution is 7.89. The van der Waals surface area contributed by atoms with Gasteiger partial charge in [-0.15, -0.1) is 0 Å². The molecule has 0 atom stereocenters. The second-order valence-corrected chi connectivity index (χ2v) is 10.2. The number of piperazine rings is 1. The number of halogens is 1. The Hall–Kier alpha value is -1.87. The van der Waals surface area contributed by atoms with Gasteiger partial charge in [0.1, 0.15) is 0 Å². The Bertz CT molecular complexity index is 1030. The van der Waals surface area contributed by atoms with Crippen molar-refractivity contribution in [2.24, 2.45) is 0 Å². The molecule has 0 saturated carbocycles. The van der Waals surface area contributed by atoms with Crippen molar-refractivity contribution in [3.63, 3.8) is 0 Å². The van der Waals surface area contributed by atoms with Crippen molar-refractivity contribution in [2.75, 3.05) is 49.5 Å². The smallest absolute Gasteiger partial charge is 0.243 e. The summed E-state index contributed by atoms with van der Waals surface area (Å²) in [6.07, 6.45) is 0. The molecule has 0 radical (unpaired) electrons. The number of nitrogens with one attached hydrogen (secondary N) is 1. The average Bonchev–Trinajstić information content (AvgIpc) is 2.76. The first-order valence-corrected chi connectivity index (χ1v) is 12.7. The molecule has 168 valence electrons. The molecule has 1 aliphatic rings. The summed E-state index contributed by atoms with van der Waals surface area (Å²) in [6.45, 7) is 9.61. The van der Waals surface area contributed by atoms with Crippen LogP contribution < -0.4 is 10.2 Å². The van der Waals surface area contributed by atoms with E-state index in [1.165, 1.54) is 4.31 Å². The fourth-order valence-corrected chi connectivity index (χ4v) is 5.69. The number of rotatable bonds is 6. The third-order valence-electron chi connectivity index (χ3n) is 5.55. The summed E-state index contributed by atoms with van der Waals surface area (Å²) in [4.78, 5) is 4.63. The maximum atomic E-state index is 12.9. The van der Waals surface area contributed by atoms with Crippen LogP contribution in [-0.4, -0.2) is 62.0 Å². The van der Waals surface area contributed by atoms with Crippen LogP contribution in [0.3, 0.4) is 0 Å². The maximum Gasteiger partial charge on any atom is 0.243 e. The number of benzene rings is 2. The van der Waals surface area contributed by atoms with Crippen LogP contribution in [-0.2, 0) is 10.0 Å². The molecular formula is C22H29ClN4O2S2. The van der Waals surface area contributed by atoms with Gasteiger partial charge in [-0.3, -0.25) is 0 Å². The summed E-state index contributed by atoms with van der Waals surface area (Å²) in [5.41, 5.74) is 2.69. The van der Waals surface area contributed by atoms with E-state index in [2.05, 4.69) is 15.1 Å². The lowest BCUT2D eigenvalue weighted by Crippen LogP contribution is -2.50. The Labute approximate surface area is 195 Å². The zero-order chi connectivity index (χ0) is 22.6. The summed E-state index contributed by atoms with van der Waals surface area (Å²) in [5.74, 6) is 0. The number of hydrogen-bond acceptors (Lipinski definition) is 4. The molecule has 0 aliphatic carbocycles. The molecule has 3 rings (SSSR count). The minimum Gasteiger partial charge on any atom is -0.367 e. The van der Waals surface area contributed by atoms with E-state index in [0.717, 1.165) is 42.5 Å². The molecule has 0 aromatic heterocycles. The van der Waals surface area contributed by atoms with Gasteiger partial charge in [-0.2, -0.15) is 4.31 Å². The lowest BCUT2D eigenvalue weighted by Gasteiger charge is -2.37. The Morgan fingerprint density at radius 1 is 1.10 bits per heavy atom. The lowest BCUT2D eigenvalue weighted by atomic mass is 10.2. The van der Waals surface area contributed by atoms with E-state index < -0.39 is 10.0 Å². The molecule has 1 fully saturated rings.